The van der Waals surface area contributed by atoms with Gasteiger partial charge in [-0.25, -0.2) is 4.98 Å². The molecule has 0 unspecified atom stereocenters. The Labute approximate surface area is 164 Å². The van der Waals surface area contributed by atoms with E-state index in [4.69, 9.17) is 11.5 Å². The molecule has 4 heterocycles. The van der Waals surface area contributed by atoms with Crippen LogP contribution in [0.4, 0.5) is 17.6 Å². The lowest BCUT2D eigenvalue weighted by Crippen LogP contribution is -2.52. The van der Waals surface area contributed by atoms with Crippen LogP contribution in [0.25, 0.3) is 0 Å². The lowest BCUT2D eigenvalue weighted by Gasteiger charge is -2.47. The van der Waals surface area contributed by atoms with E-state index >= 15 is 0 Å². The zero-order valence-corrected chi connectivity index (χ0v) is 16.1. The Kier molecular flexibility index (Phi) is 5.06. The molecule has 1 amide bonds. The molecule has 0 aromatic carbocycles. The van der Waals surface area contributed by atoms with Crippen LogP contribution in [0.1, 0.15) is 32.1 Å². The van der Waals surface area contributed by atoms with Gasteiger partial charge in [-0.15, -0.1) is 0 Å². The van der Waals surface area contributed by atoms with Crippen molar-refractivity contribution in [2.75, 3.05) is 42.5 Å². The summed E-state index contributed by atoms with van der Waals surface area (Å²) in [5.74, 6) is 1.69. The first-order chi connectivity index (χ1) is 13.5. The van der Waals surface area contributed by atoms with E-state index in [1.807, 2.05) is 12.5 Å². The molecular weight excluding hydrogens is 356 g/mol. The Morgan fingerprint density at radius 1 is 1.11 bits per heavy atom. The molecule has 28 heavy (non-hydrogen) atoms. The quantitative estimate of drug-likeness (QED) is 0.793. The van der Waals surface area contributed by atoms with Crippen molar-refractivity contribution in [2.45, 2.75) is 38.6 Å². The van der Waals surface area contributed by atoms with Crippen molar-refractivity contribution in [3.63, 3.8) is 0 Å². The van der Waals surface area contributed by atoms with E-state index in [0.717, 1.165) is 64.2 Å². The first kappa shape index (κ1) is 18.5. The van der Waals surface area contributed by atoms with E-state index < -0.39 is 0 Å². The van der Waals surface area contributed by atoms with Crippen molar-refractivity contribution in [1.82, 2.24) is 24.4 Å². The number of nitrogens with zero attached hydrogens (tertiary/aromatic N) is 6. The summed E-state index contributed by atoms with van der Waals surface area (Å²) in [4.78, 5) is 29.0. The molecule has 0 atom stereocenters. The molecule has 2 fully saturated rings. The fraction of sp³-hybridized carbons (Fsp3) is 0.579. The smallest absolute Gasteiger partial charge is 0.223 e. The van der Waals surface area contributed by atoms with Gasteiger partial charge in [0.2, 0.25) is 11.9 Å². The highest BCUT2D eigenvalue weighted by Crippen LogP contribution is 2.41. The van der Waals surface area contributed by atoms with Crippen molar-refractivity contribution < 1.29 is 4.79 Å². The normalized spacial score (nSPS) is 19.4. The van der Waals surface area contributed by atoms with Crippen LogP contribution in [0.3, 0.4) is 0 Å². The van der Waals surface area contributed by atoms with E-state index in [-0.39, 0.29) is 17.3 Å². The van der Waals surface area contributed by atoms with Gasteiger partial charge in [-0.05, 0) is 31.1 Å². The van der Waals surface area contributed by atoms with Crippen molar-refractivity contribution in [3.8, 4) is 0 Å². The first-order valence-electron chi connectivity index (χ1n) is 9.92. The number of imidazole rings is 1. The fourth-order valence-electron chi connectivity index (χ4n) is 4.42. The molecule has 0 saturated carbocycles. The standard InChI is InChI=1S/C19H28N8O/c20-15-12-16(24-18(21)23-15)26-9-4-19(5-10-26)3-2-17(28)27(13-19)8-1-7-25-11-6-22-14-25/h6,11-12,14H,1-5,7-10,13H2,(H4,20,21,23,24). The van der Waals surface area contributed by atoms with Crippen LogP contribution in [0.15, 0.2) is 24.8 Å². The number of nitrogens with two attached hydrogens (primary N) is 2. The number of carbonyl (C=O) groups is 1. The highest BCUT2D eigenvalue weighted by atomic mass is 16.2. The third-order valence-corrected chi connectivity index (χ3v) is 6.05. The minimum absolute atomic E-state index is 0.211. The molecule has 2 aliphatic heterocycles. The summed E-state index contributed by atoms with van der Waals surface area (Å²) in [7, 11) is 0. The van der Waals surface area contributed by atoms with Gasteiger partial charge < -0.3 is 25.8 Å². The second kappa shape index (κ2) is 7.65. The number of aromatic nitrogens is 4. The van der Waals surface area contributed by atoms with Gasteiger partial charge in [-0.3, -0.25) is 4.79 Å². The highest BCUT2D eigenvalue weighted by molar-refractivity contribution is 5.77. The van der Waals surface area contributed by atoms with Gasteiger partial charge in [-0.1, -0.05) is 0 Å². The average Bonchev–Trinajstić information content (AvgIpc) is 3.18. The predicted molar refractivity (Wildman–Crippen MR) is 107 cm³/mol. The topological polar surface area (TPSA) is 119 Å². The number of aryl methyl sites for hydroxylation is 1. The molecule has 2 saturated heterocycles. The lowest BCUT2D eigenvalue weighted by atomic mass is 9.72. The zero-order chi connectivity index (χ0) is 19.6. The molecule has 9 nitrogen and oxygen atoms in total. The average molecular weight is 384 g/mol. The summed E-state index contributed by atoms with van der Waals surface area (Å²) in [6, 6.07) is 1.78. The third-order valence-electron chi connectivity index (χ3n) is 6.05. The Morgan fingerprint density at radius 3 is 2.64 bits per heavy atom. The van der Waals surface area contributed by atoms with E-state index in [1.54, 1.807) is 12.3 Å². The third kappa shape index (κ3) is 4.02. The summed E-state index contributed by atoms with van der Waals surface area (Å²) in [6.07, 6.45) is 10.2. The van der Waals surface area contributed by atoms with Gasteiger partial charge in [0.1, 0.15) is 11.6 Å². The van der Waals surface area contributed by atoms with Crippen molar-refractivity contribution in [1.29, 1.82) is 0 Å². The molecule has 0 aliphatic carbocycles. The maximum atomic E-state index is 12.4. The second-order valence-electron chi connectivity index (χ2n) is 7.97. The number of amides is 1. The predicted octanol–water partition coefficient (Wildman–Crippen LogP) is 1.14. The zero-order valence-electron chi connectivity index (χ0n) is 16.1. The monoisotopic (exact) mass is 384 g/mol. The number of hydrogen-bond acceptors (Lipinski definition) is 7. The number of hydrogen-bond donors (Lipinski definition) is 2. The Morgan fingerprint density at radius 2 is 1.93 bits per heavy atom. The Hall–Kier alpha value is -2.84. The van der Waals surface area contributed by atoms with Gasteiger partial charge in [-0.2, -0.15) is 9.97 Å². The summed E-state index contributed by atoms with van der Waals surface area (Å²) >= 11 is 0. The Bertz CT molecular complexity index is 793. The van der Waals surface area contributed by atoms with E-state index in [1.165, 1.54) is 0 Å². The number of rotatable bonds is 5. The molecular formula is C19H28N8O. The molecule has 2 aliphatic rings. The minimum Gasteiger partial charge on any atom is -0.383 e. The maximum absolute atomic E-state index is 12.4. The number of carbonyl (C=O) groups excluding carboxylic acids is 1. The number of nitrogen functional groups attached to an aromatic ring is 2. The summed E-state index contributed by atoms with van der Waals surface area (Å²) in [5, 5.41) is 0. The van der Waals surface area contributed by atoms with Crippen LogP contribution >= 0.6 is 0 Å². The molecule has 1 spiro atoms. The molecule has 4 N–H and O–H groups in total. The van der Waals surface area contributed by atoms with Gasteiger partial charge in [0.15, 0.2) is 0 Å². The van der Waals surface area contributed by atoms with Crippen molar-refractivity contribution >= 4 is 23.5 Å². The van der Waals surface area contributed by atoms with Crippen LogP contribution in [0.2, 0.25) is 0 Å². The van der Waals surface area contributed by atoms with Crippen molar-refractivity contribution in [3.05, 3.63) is 24.8 Å². The maximum Gasteiger partial charge on any atom is 0.223 e. The molecule has 9 heteroatoms. The summed E-state index contributed by atoms with van der Waals surface area (Å²) in [6.45, 7) is 4.35. The number of piperidine rings is 2. The molecule has 4 rings (SSSR count). The summed E-state index contributed by atoms with van der Waals surface area (Å²) in [5.41, 5.74) is 11.8. The summed E-state index contributed by atoms with van der Waals surface area (Å²) < 4.78 is 2.06. The van der Waals surface area contributed by atoms with E-state index in [2.05, 4.69) is 29.3 Å². The molecule has 150 valence electrons. The van der Waals surface area contributed by atoms with Crippen LogP contribution in [-0.4, -0.2) is 56.5 Å². The van der Waals surface area contributed by atoms with Gasteiger partial charge in [0.25, 0.3) is 0 Å². The first-order valence-corrected chi connectivity index (χ1v) is 9.92. The Balaban J connectivity index is 1.34. The molecule has 2 aromatic heterocycles. The number of likely N-dealkylation sites (tertiary alicyclic amines) is 1. The highest BCUT2D eigenvalue weighted by Gasteiger charge is 2.41. The lowest BCUT2D eigenvalue weighted by molar-refractivity contribution is -0.138. The largest absolute Gasteiger partial charge is 0.383 e. The van der Waals surface area contributed by atoms with E-state index in [9.17, 15) is 4.79 Å². The number of anilines is 3. The fourth-order valence-corrected chi connectivity index (χ4v) is 4.42. The van der Waals surface area contributed by atoms with Gasteiger partial charge in [0, 0.05) is 57.6 Å². The van der Waals surface area contributed by atoms with Crippen LogP contribution in [-0.2, 0) is 11.3 Å². The van der Waals surface area contributed by atoms with Crippen LogP contribution < -0.4 is 16.4 Å². The minimum atomic E-state index is 0.211. The van der Waals surface area contributed by atoms with Crippen LogP contribution in [0.5, 0.6) is 0 Å². The molecule has 0 radical (unpaired) electrons. The van der Waals surface area contributed by atoms with Crippen molar-refractivity contribution in [2.24, 2.45) is 5.41 Å². The van der Waals surface area contributed by atoms with E-state index in [0.29, 0.717) is 12.2 Å². The van der Waals surface area contributed by atoms with Crippen LogP contribution in [0, 0.1) is 5.41 Å². The molecule has 2 aromatic rings. The van der Waals surface area contributed by atoms with Gasteiger partial charge >= 0.3 is 0 Å². The van der Waals surface area contributed by atoms with Gasteiger partial charge in [0.05, 0.1) is 6.33 Å². The SMILES string of the molecule is Nc1cc(N2CCC3(CCC(=O)N(CCCn4ccnc4)C3)CC2)nc(N)n1. The molecule has 0 bridgehead atoms. The second-order valence-corrected chi connectivity index (χ2v) is 7.97.